The van der Waals surface area contributed by atoms with Crippen molar-refractivity contribution in [1.29, 1.82) is 0 Å². The van der Waals surface area contributed by atoms with Crippen LogP contribution in [0.3, 0.4) is 0 Å². The van der Waals surface area contributed by atoms with Crippen LogP contribution in [-0.4, -0.2) is 45.4 Å². The lowest BCUT2D eigenvalue weighted by Crippen LogP contribution is -2.28. The summed E-state index contributed by atoms with van der Waals surface area (Å²) in [6.45, 7) is -0.625. The largest absolute Gasteiger partial charge is 0.394 e. The number of nitrogens with one attached hydrogen (secondary N) is 2. The van der Waals surface area contributed by atoms with Gasteiger partial charge in [0.15, 0.2) is 5.82 Å². The number of nitrogens with zero attached hydrogens (tertiary/aromatic N) is 2. The van der Waals surface area contributed by atoms with Crippen LogP contribution in [0.25, 0.3) is 0 Å². The summed E-state index contributed by atoms with van der Waals surface area (Å²) in [6, 6.07) is 0. The fourth-order valence-electron chi connectivity index (χ4n) is 1.74. The second kappa shape index (κ2) is 5.80. The van der Waals surface area contributed by atoms with E-state index in [0.717, 1.165) is 0 Å². The van der Waals surface area contributed by atoms with Crippen molar-refractivity contribution in [2.45, 2.75) is 12.1 Å². The molecule has 2 rings (SSSR count). The lowest BCUT2D eigenvalue weighted by Gasteiger charge is -2.20. The fraction of sp³-hybridized carbons (Fsp3) is 0.556. The Morgan fingerprint density at radius 2 is 2.18 bits per heavy atom. The highest BCUT2D eigenvalue weighted by molar-refractivity contribution is 7.53. The number of nitrogens with two attached hydrogens (primary N) is 1. The van der Waals surface area contributed by atoms with Crippen LogP contribution in [-0.2, 0) is 9.30 Å². The number of halogens is 2. The fourth-order valence-corrected chi connectivity index (χ4v) is 2.12. The zero-order valence-electron chi connectivity index (χ0n) is 11.1. The van der Waals surface area contributed by atoms with Crippen molar-refractivity contribution >= 4 is 25.0 Å². The molecule has 0 fully saturated rings. The lowest BCUT2D eigenvalue weighted by atomic mass is 10.4. The normalized spacial score (nSPS) is 14.8. The summed E-state index contributed by atoms with van der Waals surface area (Å²) < 4.78 is 41.6. The maximum absolute atomic E-state index is 13.0. The second-order valence-corrected chi connectivity index (χ2v) is 6.26. The standard InChI is InChI=1S/C9H14F2N5O5P/c10-9(11,22(18,19)20)1-2-21-4-16-3-13-5-6(16)14-8(12)15-7(5)17/h13H,1-4H2,(H2,18,19,20)(H3,12,14,15,17). The molecule has 0 bridgehead atoms. The number of fused-ring (bicyclic) bond motifs is 1. The molecular weight excluding hydrogens is 327 g/mol. The van der Waals surface area contributed by atoms with Crippen LogP contribution in [0.15, 0.2) is 4.79 Å². The van der Waals surface area contributed by atoms with Gasteiger partial charge in [-0.25, -0.2) is 0 Å². The van der Waals surface area contributed by atoms with E-state index in [1.165, 1.54) is 4.90 Å². The Bertz CT molecular complexity index is 662. The van der Waals surface area contributed by atoms with Crippen LogP contribution in [0.5, 0.6) is 0 Å². The monoisotopic (exact) mass is 341 g/mol. The molecule has 0 spiro atoms. The Morgan fingerprint density at radius 1 is 1.50 bits per heavy atom. The van der Waals surface area contributed by atoms with Crippen LogP contribution >= 0.6 is 7.60 Å². The molecule has 0 atom stereocenters. The molecule has 0 saturated heterocycles. The third-order valence-electron chi connectivity index (χ3n) is 2.89. The quantitative estimate of drug-likeness (QED) is 0.346. The summed E-state index contributed by atoms with van der Waals surface area (Å²) in [4.78, 5) is 36.1. The van der Waals surface area contributed by atoms with E-state index in [1.54, 1.807) is 0 Å². The van der Waals surface area contributed by atoms with Gasteiger partial charge in [0.05, 0.1) is 13.3 Å². The number of aromatic nitrogens is 2. The minimum atomic E-state index is -5.51. The van der Waals surface area contributed by atoms with Crippen molar-refractivity contribution in [2.24, 2.45) is 0 Å². The molecule has 1 aromatic heterocycles. The predicted octanol–water partition coefficient (Wildman–Crippen LogP) is -0.324. The molecule has 1 aliphatic heterocycles. The summed E-state index contributed by atoms with van der Waals surface area (Å²) in [7, 11) is -5.51. The van der Waals surface area contributed by atoms with Gasteiger partial charge in [0.1, 0.15) is 12.4 Å². The van der Waals surface area contributed by atoms with Crippen LogP contribution in [0.2, 0.25) is 0 Å². The van der Waals surface area contributed by atoms with E-state index in [1.807, 2.05) is 0 Å². The molecular formula is C9H14F2N5O5P. The van der Waals surface area contributed by atoms with E-state index < -0.39 is 31.8 Å². The number of alkyl halides is 2. The van der Waals surface area contributed by atoms with Gasteiger partial charge in [-0.3, -0.25) is 14.3 Å². The average Bonchev–Trinajstić information content (AvgIpc) is 2.76. The number of anilines is 3. The molecule has 13 heteroatoms. The van der Waals surface area contributed by atoms with Crippen LogP contribution in [0.1, 0.15) is 6.42 Å². The smallest absolute Gasteiger partial charge is 0.369 e. The minimum absolute atomic E-state index is 0.106. The Hall–Kier alpha value is -1.75. The Kier molecular flexibility index (Phi) is 4.38. The van der Waals surface area contributed by atoms with Crippen LogP contribution in [0, 0.1) is 0 Å². The summed E-state index contributed by atoms with van der Waals surface area (Å²) in [5.74, 6) is 0.105. The molecule has 0 saturated carbocycles. The number of aromatic amines is 1. The molecule has 2 heterocycles. The van der Waals surface area contributed by atoms with Gasteiger partial charge >= 0.3 is 13.3 Å². The van der Waals surface area contributed by atoms with Crippen LogP contribution < -0.4 is 21.5 Å². The average molecular weight is 341 g/mol. The van der Waals surface area contributed by atoms with Crippen molar-refractivity contribution in [3.8, 4) is 0 Å². The highest BCUT2D eigenvalue weighted by Crippen LogP contribution is 2.54. The molecule has 0 unspecified atom stereocenters. The van der Waals surface area contributed by atoms with E-state index >= 15 is 0 Å². The molecule has 22 heavy (non-hydrogen) atoms. The van der Waals surface area contributed by atoms with Crippen molar-refractivity contribution in [3.05, 3.63) is 10.4 Å². The van der Waals surface area contributed by atoms with Gasteiger partial charge in [-0.1, -0.05) is 0 Å². The second-order valence-electron chi connectivity index (χ2n) is 4.52. The van der Waals surface area contributed by atoms with Gasteiger partial charge in [-0.15, -0.1) is 0 Å². The molecule has 1 aliphatic rings. The molecule has 1 aromatic rings. The molecule has 6 N–H and O–H groups in total. The van der Waals surface area contributed by atoms with Crippen molar-refractivity contribution < 1.29 is 27.9 Å². The molecule has 10 nitrogen and oxygen atoms in total. The van der Waals surface area contributed by atoms with Gasteiger partial charge in [-0.05, 0) is 0 Å². The number of hydrogen-bond acceptors (Lipinski definition) is 7. The van der Waals surface area contributed by atoms with E-state index in [4.69, 9.17) is 20.3 Å². The molecule has 0 aromatic carbocycles. The number of nitrogen functional groups attached to an aromatic ring is 1. The number of rotatable bonds is 6. The summed E-state index contributed by atoms with van der Waals surface area (Å²) in [5, 5.41) is 2.74. The lowest BCUT2D eigenvalue weighted by molar-refractivity contribution is 0.0151. The zero-order chi connectivity index (χ0) is 16.5. The van der Waals surface area contributed by atoms with Crippen molar-refractivity contribution in [2.75, 3.05) is 36.0 Å². The van der Waals surface area contributed by atoms with Gasteiger partial charge < -0.3 is 30.5 Å². The molecule has 0 aliphatic carbocycles. The Labute approximate surface area is 122 Å². The maximum atomic E-state index is 13.0. The summed E-state index contributed by atoms with van der Waals surface area (Å²) in [6.07, 6.45) is -1.13. The first-order valence-corrected chi connectivity index (χ1v) is 7.63. The number of H-pyrrole nitrogens is 1. The summed E-state index contributed by atoms with van der Waals surface area (Å²) in [5.41, 5.74) is 0.966. The molecule has 0 radical (unpaired) electrons. The van der Waals surface area contributed by atoms with Crippen molar-refractivity contribution in [3.63, 3.8) is 0 Å². The van der Waals surface area contributed by atoms with Crippen molar-refractivity contribution in [1.82, 2.24) is 9.97 Å². The first-order valence-electron chi connectivity index (χ1n) is 6.01. The van der Waals surface area contributed by atoms with Gasteiger partial charge in [-0.2, -0.15) is 13.8 Å². The highest BCUT2D eigenvalue weighted by Gasteiger charge is 2.48. The third-order valence-corrected chi connectivity index (χ3v) is 3.96. The van der Waals surface area contributed by atoms with Gasteiger partial charge in [0, 0.05) is 6.42 Å². The first-order chi connectivity index (χ1) is 10.1. The predicted molar refractivity (Wildman–Crippen MR) is 72.7 cm³/mol. The Balaban J connectivity index is 1.91. The Morgan fingerprint density at radius 3 is 2.82 bits per heavy atom. The van der Waals surface area contributed by atoms with Gasteiger partial charge in [0.25, 0.3) is 5.56 Å². The third kappa shape index (κ3) is 3.35. The highest BCUT2D eigenvalue weighted by atomic mass is 31.2. The van der Waals surface area contributed by atoms with E-state index in [2.05, 4.69) is 15.3 Å². The number of ether oxygens (including phenoxy) is 1. The topological polar surface area (TPSA) is 154 Å². The first kappa shape index (κ1) is 16.6. The SMILES string of the molecule is Nc1nc2c(c(=O)[nH]1)NCN2COCCC(F)(F)P(=O)(O)O. The minimum Gasteiger partial charge on any atom is -0.369 e. The zero-order valence-corrected chi connectivity index (χ0v) is 12.0. The molecule has 0 amide bonds. The van der Waals surface area contributed by atoms with E-state index in [9.17, 15) is 18.1 Å². The number of hydrogen-bond donors (Lipinski definition) is 5. The summed E-state index contributed by atoms with van der Waals surface area (Å²) >= 11 is 0. The maximum Gasteiger partial charge on any atom is 0.394 e. The van der Waals surface area contributed by atoms with Crippen LogP contribution in [0.4, 0.5) is 26.2 Å². The van der Waals surface area contributed by atoms with Gasteiger partial charge in [0.2, 0.25) is 5.95 Å². The van der Waals surface area contributed by atoms with E-state index in [0.29, 0.717) is 0 Å². The van der Waals surface area contributed by atoms with E-state index in [-0.39, 0.29) is 30.9 Å². The molecule has 124 valence electrons.